The van der Waals surface area contributed by atoms with Gasteiger partial charge in [-0.1, -0.05) is 0 Å². The van der Waals surface area contributed by atoms with Gasteiger partial charge in [-0.25, -0.2) is 0 Å². The maximum atomic E-state index is 12.4. The minimum absolute atomic E-state index is 0.0460. The van der Waals surface area contributed by atoms with E-state index in [0.717, 1.165) is 26.2 Å². The molecule has 0 aromatic carbocycles. The molecular weight excluding hydrogens is 324 g/mol. The van der Waals surface area contributed by atoms with Crippen LogP contribution in [0.1, 0.15) is 18.6 Å². The predicted octanol–water partition coefficient (Wildman–Crippen LogP) is -0.173. The van der Waals surface area contributed by atoms with Crippen LogP contribution in [0.15, 0.2) is 10.6 Å². The number of β-amino-alcohol motifs (C(OH)–C–C–N with tert-alkyl or cyclic N) is 1. The van der Waals surface area contributed by atoms with Crippen LogP contribution in [0.5, 0.6) is 5.88 Å². The number of aryl methyl sites for hydroxylation is 1. The predicted molar refractivity (Wildman–Crippen MR) is 91.5 cm³/mol. The van der Waals surface area contributed by atoms with E-state index < -0.39 is 5.60 Å². The third-order valence-corrected chi connectivity index (χ3v) is 5.13. The van der Waals surface area contributed by atoms with Crippen LogP contribution in [0.25, 0.3) is 0 Å². The van der Waals surface area contributed by atoms with Crippen LogP contribution in [0, 0.1) is 0 Å². The SMILES string of the molecule is COc1cc(CCC(=O)N2CCC(O)(CN3CCN(C)CC3)C2)on1. The number of aliphatic hydroxyl groups is 1. The Morgan fingerprint density at radius 3 is 2.80 bits per heavy atom. The van der Waals surface area contributed by atoms with E-state index in [2.05, 4.69) is 22.0 Å². The Labute approximate surface area is 148 Å². The lowest BCUT2D eigenvalue weighted by Gasteiger charge is -2.36. The van der Waals surface area contributed by atoms with Crippen molar-refractivity contribution >= 4 is 5.91 Å². The van der Waals surface area contributed by atoms with Crippen molar-refractivity contribution in [3.05, 3.63) is 11.8 Å². The molecule has 0 radical (unpaired) electrons. The van der Waals surface area contributed by atoms with Crippen LogP contribution in [0.2, 0.25) is 0 Å². The van der Waals surface area contributed by atoms with E-state index in [4.69, 9.17) is 9.26 Å². The van der Waals surface area contributed by atoms with Gasteiger partial charge in [0.1, 0.15) is 5.76 Å². The second-order valence-electron chi connectivity index (χ2n) is 7.20. The molecule has 1 N–H and O–H groups in total. The van der Waals surface area contributed by atoms with E-state index >= 15 is 0 Å². The molecule has 1 aromatic heterocycles. The summed E-state index contributed by atoms with van der Waals surface area (Å²) in [6.07, 6.45) is 1.48. The van der Waals surface area contributed by atoms with Crippen LogP contribution < -0.4 is 4.74 Å². The summed E-state index contributed by atoms with van der Waals surface area (Å²) in [6, 6.07) is 1.70. The van der Waals surface area contributed by atoms with Crippen molar-refractivity contribution in [3.63, 3.8) is 0 Å². The summed E-state index contributed by atoms with van der Waals surface area (Å²) in [6.45, 7) is 5.67. The quantitative estimate of drug-likeness (QED) is 0.761. The summed E-state index contributed by atoms with van der Waals surface area (Å²) < 4.78 is 10.1. The third-order valence-electron chi connectivity index (χ3n) is 5.13. The Kier molecular flexibility index (Phi) is 5.61. The highest BCUT2D eigenvalue weighted by molar-refractivity contribution is 5.76. The van der Waals surface area contributed by atoms with E-state index in [9.17, 15) is 9.90 Å². The van der Waals surface area contributed by atoms with Gasteiger partial charge in [0.05, 0.1) is 19.3 Å². The molecule has 8 heteroatoms. The lowest BCUT2D eigenvalue weighted by molar-refractivity contribution is -0.131. The average molecular weight is 352 g/mol. The molecule has 2 aliphatic heterocycles. The molecule has 1 amide bonds. The molecular formula is C17H28N4O4. The molecule has 0 spiro atoms. The molecule has 2 aliphatic rings. The van der Waals surface area contributed by atoms with Gasteiger partial charge in [0.15, 0.2) is 0 Å². The molecule has 140 valence electrons. The normalized spacial score (nSPS) is 25.5. The van der Waals surface area contributed by atoms with Crippen LogP contribution >= 0.6 is 0 Å². The van der Waals surface area contributed by atoms with Gasteiger partial charge >= 0.3 is 0 Å². The summed E-state index contributed by atoms with van der Waals surface area (Å²) in [7, 11) is 3.64. The van der Waals surface area contributed by atoms with Crippen molar-refractivity contribution in [1.82, 2.24) is 19.9 Å². The first-order valence-electron chi connectivity index (χ1n) is 8.88. The maximum absolute atomic E-state index is 12.4. The van der Waals surface area contributed by atoms with Gasteiger partial charge in [-0.2, -0.15) is 0 Å². The molecule has 0 saturated carbocycles. The number of carbonyl (C=O) groups excluding carboxylic acids is 1. The van der Waals surface area contributed by atoms with E-state index in [0.29, 0.717) is 50.5 Å². The Bertz CT molecular complexity index is 585. The first kappa shape index (κ1) is 18.2. The monoisotopic (exact) mass is 352 g/mol. The van der Waals surface area contributed by atoms with Crippen LogP contribution in [0.4, 0.5) is 0 Å². The Morgan fingerprint density at radius 1 is 1.36 bits per heavy atom. The summed E-state index contributed by atoms with van der Waals surface area (Å²) >= 11 is 0. The number of ether oxygens (including phenoxy) is 1. The zero-order chi connectivity index (χ0) is 17.9. The molecule has 1 aromatic rings. The lowest BCUT2D eigenvalue weighted by Crippen LogP contribution is -2.52. The number of aromatic nitrogens is 1. The second-order valence-corrected chi connectivity index (χ2v) is 7.20. The van der Waals surface area contributed by atoms with Gasteiger partial charge in [0.25, 0.3) is 5.88 Å². The molecule has 0 aliphatic carbocycles. The number of hydrogen-bond donors (Lipinski definition) is 1. The molecule has 2 saturated heterocycles. The first-order valence-corrected chi connectivity index (χ1v) is 8.88. The van der Waals surface area contributed by atoms with E-state index in [1.165, 1.54) is 7.11 Å². The van der Waals surface area contributed by atoms with Crippen molar-refractivity contribution in [2.75, 3.05) is 60.0 Å². The summed E-state index contributed by atoms with van der Waals surface area (Å²) in [5.41, 5.74) is -0.791. The van der Waals surface area contributed by atoms with Crippen LogP contribution in [-0.4, -0.2) is 96.4 Å². The van der Waals surface area contributed by atoms with Crippen molar-refractivity contribution in [3.8, 4) is 5.88 Å². The lowest BCUT2D eigenvalue weighted by atomic mass is 10.0. The van der Waals surface area contributed by atoms with Gasteiger partial charge in [-0.15, -0.1) is 0 Å². The summed E-state index contributed by atoms with van der Waals surface area (Å²) in [5.74, 6) is 1.10. The topological polar surface area (TPSA) is 82.3 Å². The molecule has 25 heavy (non-hydrogen) atoms. The maximum Gasteiger partial charge on any atom is 0.254 e. The average Bonchev–Trinajstić information content (AvgIpc) is 3.22. The van der Waals surface area contributed by atoms with Crippen molar-refractivity contribution < 1.29 is 19.2 Å². The summed E-state index contributed by atoms with van der Waals surface area (Å²) in [5, 5.41) is 14.6. The van der Waals surface area contributed by atoms with Crippen molar-refractivity contribution in [2.24, 2.45) is 0 Å². The minimum Gasteiger partial charge on any atom is -0.479 e. The van der Waals surface area contributed by atoms with E-state index in [1.54, 1.807) is 11.0 Å². The number of amides is 1. The Morgan fingerprint density at radius 2 is 2.12 bits per heavy atom. The number of hydrogen-bond acceptors (Lipinski definition) is 7. The van der Waals surface area contributed by atoms with E-state index in [1.807, 2.05) is 0 Å². The van der Waals surface area contributed by atoms with Crippen molar-refractivity contribution in [1.29, 1.82) is 0 Å². The van der Waals surface area contributed by atoms with Gasteiger partial charge in [-0.3, -0.25) is 9.69 Å². The fraction of sp³-hybridized carbons (Fsp3) is 0.765. The highest BCUT2D eigenvalue weighted by Gasteiger charge is 2.39. The van der Waals surface area contributed by atoms with Crippen molar-refractivity contribution in [2.45, 2.75) is 24.9 Å². The van der Waals surface area contributed by atoms with E-state index in [-0.39, 0.29) is 5.91 Å². The third kappa shape index (κ3) is 4.71. The molecule has 1 atom stereocenters. The molecule has 3 heterocycles. The van der Waals surface area contributed by atoms with Gasteiger partial charge in [0, 0.05) is 58.2 Å². The Hall–Kier alpha value is -1.64. The van der Waals surface area contributed by atoms with Gasteiger partial charge in [-0.05, 0) is 18.6 Å². The zero-order valence-corrected chi connectivity index (χ0v) is 15.1. The number of piperazine rings is 1. The molecule has 2 fully saturated rings. The van der Waals surface area contributed by atoms with Gasteiger partial charge in [0.2, 0.25) is 5.91 Å². The first-order chi connectivity index (χ1) is 12.0. The second kappa shape index (κ2) is 7.72. The van der Waals surface area contributed by atoms with Crippen LogP contribution in [0.3, 0.4) is 0 Å². The molecule has 1 unspecified atom stereocenters. The number of rotatable bonds is 6. The number of carbonyl (C=O) groups is 1. The number of nitrogens with zero attached hydrogens (tertiary/aromatic N) is 4. The summed E-state index contributed by atoms with van der Waals surface area (Å²) in [4.78, 5) is 18.8. The number of likely N-dealkylation sites (tertiary alicyclic amines) is 1. The standard InChI is InChI=1S/C17H28N4O4/c1-19-7-9-20(10-8-19)12-17(23)5-6-21(13-17)16(22)4-3-14-11-15(24-2)18-25-14/h11,23H,3-10,12-13H2,1-2H3. The fourth-order valence-electron chi connectivity index (χ4n) is 3.52. The molecule has 3 rings (SSSR count). The number of methoxy groups -OCH3 is 1. The molecule has 8 nitrogen and oxygen atoms in total. The van der Waals surface area contributed by atoms with Gasteiger partial charge < -0.3 is 24.2 Å². The van der Waals surface area contributed by atoms with Crippen LogP contribution in [-0.2, 0) is 11.2 Å². The smallest absolute Gasteiger partial charge is 0.254 e. The highest BCUT2D eigenvalue weighted by atomic mass is 16.5. The molecule has 0 bridgehead atoms. The fourth-order valence-corrected chi connectivity index (χ4v) is 3.52. The number of likely N-dealkylation sites (N-methyl/N-ethyl adjacent to an activating group) is 1. The highest BCUT2D eigenvalue weighted by Crippen LogP contribution is 2.24. The zero-order valence-electron chi connectivity index (χ0n) is 15.1. The Balaban J connectivity index is 1.45. The largest absolute Gasteiger partial charge is 0.479 e. The minimum atomic E-state index is -0.791.